The van der Waals surface area contributed by atoms with Crippen molar-refractivity contribution in [1.82, 2.24) is 10.6 Å². The van der Waals surface area contributed by atoms with Crippen molar-refractivity contribution in [2.75, 3.05) is 13.1 Å². The monoisotopic (exact) mass is 236 g/mol. The summed E-state index contributed by atoms with van der Waals surface area (Å²) in [4.78, 5) is 11.7. The van der Waals surface area contributed by atoms with E-state index in [1.54, 1.807) is 0 Å². The van der Waals surface area contributed by atoms with Gasteiger partial charge >= 0.3 is 0 Å². The lowest BCUT2D eigenvalue weighted by molar-refractivity contribution is -0.122. The molecule has 1 atom stereocenters. The van der Waals surface area contributed by atoms with Gasteiger partial charge in [0.05, 0.1) is 0 Å². The second-order valence-electron chi connectivity index (χ2n) is 4.81. The fourth-order valence-electron chi connectivity index (χ4n) is 2.25. The highest BCUT2D eigenvalue weighted by Gasteiger charge is 2.15. The summed E-state index contributed by atoms with van der Waals surface area (Å²) < 4.78 is 0. The average Bonchev–Trinajstić information content (AvgIpc) is 2.37. The van der Waals surface area contributed by atoms with Crippen molar-refractivity contribution in [3.63, 3.8) is 0 Å². The molecular formula is C14H24N2O. The summed E-state index contributed by atoms with van der Waals surface area (Å²) in [5.74, 6) is 3.48. The molecule has 0 aromatic heterocycles. The van der Waals surface area contributed by atoms with Gasteiger partial charge < -0.3 is 10.6 Å². The molecule has 0 bridgehead atoms. The smallest absolute Gasteiger partial charge is 0.220 e. The average molecular weight is 236 g/mol. The molecule has 0 aliphatic carbocycles. The maximum absolute atomic E-state index is 11.7. The van der Waals surface area contributed by atoms with Crippen molar-refractivity contribution in [1.29, 1.82) is 0 Å². The summed E-state index contributed by atoms with van der Waals surface area (Å²) in [7, 11) is 0. The van der Waals surface area contributed by atoms with Crippen molar-refractivity contribution in [3.8, 4) is 12.3 Å². The minimum Gasteiger partial charge on any atom is -0.352 e. The summed E-state index contributed by atoms with van der Waals surface area (Å²) in [5.41, 5.74) is 0. The van der Waals surface area contributed by atoms with Crippen molar-refractivity contribution >= 4 is 5.91 Å². The molecule has 1 aliphatic heterocycles. The molecule has 1 fully saturated rings. The number of hydrogen-bond acceptors (Lipinski definition) is 2. The second kappa shape index (κ2) is 8.14. The molecule has 3 heteroatoms. The van der Waals surface area contributed by atoms with E-state index in [2.05, 4.69) is 23.5 Å². The Morgan fingerprint density at radius 2 is 2.24 bits per heavy atom. The SMILES string of the molecule is C#CCC(CC)NC(=O)CCC1CCNCC1. The molecule has 0 spiro atoms. The van der Waals surface area contributed by atoms with Gasteiger partial charge in [-0.1, -0.05) is 6.92 Å². The molecule has 17 heavy (non-hydrogen) atoms. The van der Waals surface area contributed by atoms with Gasteiger partial charge in [-0.2, -0.15) is 0 Å². The van der Waals surface area contributed by atoms with Gasteiger partial charge in [0, 0.05) is 18.9 Å². The van der Waals surface area contributed by atoms with Gasteiger partial charge in [0.15, 0.2) is 0 Å². The third-order valence-corrected chi connectivity index (χ3v) is 3.46. The lowest BCUT2D eigenvalue weighted by atomic mass is 9.93. The number of rotatable bonds is 6. The molecule has 96 valence electrons. The van der Waals surface area contributed by atoms with Crippen LogP contribution >= 0.6 is 0 Å². The van der Waals surface area contributed by atoms with Gasteiger partial charge in [0.1, 0.15) is 0 Å². The Morgan fingerprint density at radius 3 is 2.82 bits per heavy atom. The first-order valence-electron chi connectivity index (χ1n) is 6.69. The van der Waals surface area contributed by atoms with Gasteiger partial charge in [0.2, 0.25) is 5.91 Å². The molecule has 1 heterocycles. The number of piperidine rings is 1. The van der Waals surface area contributed by atoms with Crippen LogP contribution in [0.15, 0.2) is 0 Å². The third kappa shape index (κ3) is 5.74. The van der Waals surface area contributed by atoms with E-state index in [1.165, 1.54) is 12.8 Å². The van der Waals surface area contributed by atoms with Crippen molar-refractivity contribution in [3.05, 3.63) is 0 Å². The van der Waals surface area contributed by atoms with Gasteiger partial charge in [-0.25, -0.2) is 0 Å². The first-order chi connectivity index (χ1) is 8.26. The Balaban J connectivity index is 2.17. The highest BCUT2D eigenvalue weighted by Crippen LogP contribution is 2.17. The lowest BCUT2D eigenvalue weighted by Gasteiger charge is -2.22. The van der Waals surface area contributed by atoms with E-state index in [0.717, 1.165) is 31.8 Å². The Labute approximate surface area is 105 Å². The molecule has 0 radical (unpaired) electrons. The van der Waals surface area contributed by atoms with Crippen LogP contribution in [0.1, 0.15) is 45.4 Å². The zero-order chi connectivity index (χ0) is 12.5. The number of hydrogen-bond donors (Lipinski definition) is 2. The van der Waals surface area contributed by atoms with Crippen molar-refractivity contribution in [2.24, 2.45) is 5.92 Å². The summed E-state index contributed by atoms with van der Waals surface area (Å²) >= 11 is 0. The molecule has 1 unspecified atom stereocenters. The molecule has 1 rings (SSSR count). The normalized spacial score (nSPS) is 18.4. The van der Waals surface area contributed by atoms with Crippen LogP contribution in [0.2, 0.25) is 0 Å². The molecule has 3 nitrogen and oxygen atoms in total. The standard InChI is InChI=1S/C14H24N2O/c1-3-5-13(4-2)16-14(17)7-6-12-8-10-15-11-9-12/h1,12-13,15H,4-11H2,2H3,(H,16,17). The van der Waals surface area contributed by atoms with Crippen molar-refractivity contribution in [2.45, 2.75) is 51.5 Å². The summed E-state index contributed by atoms with van der Waals surface area (Å²) in [6.45, 7) is 4.25. The largest absolute Gasteiger partial charge is 0.352 e. The zero-order valence-electron chi connectivity index (χ0n) is 10.8. The first kappa shape index (κ1) is 14.1. The van der Waals surface area contributed by atoms with E-state index in [1.807, 2.05) is 0 Å². The molecule has 0 aromatic rings. The highest BCUT2D eigenvalue weighted by atomic mass is 16.1. The van der Waals surface area contributed by atoms with Gasteiger partial charge in [-0.3, -0.25) is 4.79 Å². The van der Waals surface area contributed by atoms with E-state index >= 15 is 0 Å². The molecule has 1 saturated heterocycles. The minimum absolute atomic E-state index is 0.153. The summed E-state index contributed by atoms with van der Waals surface area (Å²) in [5, 5.41) is 6.35. The van der Waals surface area contributed by atoms with Crippen LogP contribution in [-0.4, -0.2) is 25.0 Å². The number of terminal acetylenes is 1. The van der Waals surface area contributed by atoms with Gasteiger partial charge in [-0.05, 0) is 44.7 Å². The molecular weight excluding hydrogens is 212 g/mol. The van der Waals surface area contributed by atoms with Crippen LogP contribution in [0, 0.1) is 18.3 Å². The predicted molar refractivity (Wildman–Crippen MR) is 70.5 cm³/mol. The summed E-state index contributed by atoms with van der Waals surface area (Å²) in [6.07, 6.45) is 10.9. The van der Waals surface area contributed by atoms with E-state index in [4.69, 9.17) is 6.42 Å². The van der Waals surface area contributed by atoms with Gasteiger partial charge in [-0.15, -0.1) is 12.3 Å². The first-order valence-corrected chi connectivity index (χ1v) is 6.69. The van der Waals surface area contributed by atoms with Gasteiger partial charge in [0.25, 0.3) is 0 Å². The quantitative estimate of drug-likeness (QED) is 0.689. The Bertz CT molecular complexity index is 264. The maximum Gasteiger partial charge on any atom is 0.220 e. The molecule has 2 N–H and O–H groups in total. The Kier molecular flexibility index (Phi) is 6.73. The topological polar surface area (TPSA) is 41.1 Å². The summed E-state index contributed by atoms with van der Waals surface area (Å²) in [6, 6.07) is 0.153. The fraction of sp³-hybridized carbons (Fsp3) is 0.786. The highest BCUT2D eigenvalue weighted by molar-refractivity contribution is 5.76. The van der Waals surface area contributed by atoms with Crippen LogP contribution < -0.4 is 10.6 Å². The minimum atomic E-state index is 0.153. The predicted octanol–water partition coefficient (Wildman–Crippen LogP) is 1.68. The third-order valence-electron chi connectivity index (χ3n) is 3.46. The van der Waals surface area contributed by atoms with E-state index < -0.39 is 0 Å². The number of nitrogens with one attached hydrogen (secondary N) is 2. The molecule has 1 aliphatic rings. The van der Waals surface area contributed by atoms with Crippen LogP contribution in [0.4, 0.5) is 0 Å². The zero-order valence-corrected chi connectivity index (χ0v) is 10.8. The number of carbonyl (C=O) groups is 1. The van der Waals surface area contributed by atoms with Crippen LogP contribution in [0.25, 0.3) is 0 Å². The molecule has 0 aromatic carbocycles. The van der Waals surface area contributed by atoms with E-state index in [9.17, 15) is 4.79 Å². The lowest BCUT2D eigenvalue weighted by Crippen LogP contribution is -2.34. The Morgan fingerprint density at radius 1 is 1.53 bits per heavy atom. The molecule has 0 saturated carbocycles. The van der Waals surface area contributed by atoms with E-state index in [-0.39, 0.29) is 11.9 Å². The number of amides is 1. The van der Waals surface area contributed by atoms with E-state index in [0.29, 0.717) is 12.8 Å². The molecule has 1 amide bonds. The fourth-order valence-corrected chi connectivity index (χ4v) is 2.25. The number of carbonyl (C=O) groups excluding carboxylic acids is 1. The van der Waals surface area contributed by atoms with Crippen LogP contribution in [0.5, 0.6) is 0 Å². The van der Waals surface area contributed by atoms with Crippen LogP contribution in [-0.2, 0) is 4.79 Å². The Hall–Kier alpha value is -1.01. The van der Waals surface area contributed by atoms with Crippen LogP contribution in [0.3, 0.4) is 0 Å². The van der Waals surface area contributed by atoms with Crippen molar-refractivity contribution < 1.29 is 4.79 Å². The maximum atomic E-state index is 11.7. The second-order valence-corrected chi connectivity index (χ2v) is 4.81.